The highest BCUT2D eigenvalue weighted by atomic mass is 19.2. The van der Waals surface area contributed by atoms with E-state index in [1.54, 1.807) is 24.3 Å². The average molecular weight is 232 g/mol. The fourth-order valence-corrected chi connectivity index (χ4v) is 1.70. The average Bonchev–Trinajstić information content (AvgIpc) is 2.36. The zero-order valence-corrected chi connectivity index (χ0v) is 9.21. The molecule has 0 aliphatic heterocycles. The second kappa shape index (κ2) is 4.45. The molecular weight excluding hydrogens is 222 g/mol. The Morgan fingerprint density at radius 3 is 2.35 bits per heavy atom. The van der Waals surface area contributed by atoms with E-state index < -0.39 is 11.6 Å². The minimum atomic E-state index is -0.917. The molecule has 86 valence electrons. The lowest BCUT2D eigenvalue weighted by Crippen LogP contribution is -1.95. The number of carbonyl (C=O) groups is 1. The van der Waals surface area contributed by atoms with E-state index in [2.05, 4.69) is 0 Å². The third-order valence-electron chi connectivity index (χ3n) is 2.65. The van der Waals surface area contributed by atoms with Crippen molar-refractivity contribution in [2.24, 2.45) is 0 Å². The van der Waals surface area contributed by atoms with Gasteiger partial charge in [-0.1, -0.05) is 36.4 Å². The Balaban J connectivity index is 2.69. The first-order valence-corrected chi connectivity index (χ1v) is 5.14. The van der Waals surface area contributed by atoms with Crippen LogP contribution < -0.4 is 0 Å². The minimum absolute atomic E-state index is 0.107. The van der Waals surface area contributed by atoms with Crippen LogP contribution in [0.15, 0.2) is 36.4 Å². The summed E-state index contributed by atoms with van der Waals surface area (Å²) >= 11 is 0. The van der Waals surface area contributed by atoms with Crippen LogP contribution in [-0.2, 0) is 0 Å². The molecule has 0 saturated carbocycles. The zero-order valence-electron chi connectivity index (χ0n) is 9.21. The number of aldehydes is 1. The third-order valence-corrected chi connectivity index (χ3v) is 2.65. The maximum atomic E-state index is 13.8. The van der Waals surface area contributed by atoms with Gasteiger partial charge >= 0.3 is 0 Å². The van der Waals surface area contributed by atoms with Crippen molar-refractivity contribution < 1.29 is 13.6 Å². The van der Waals surface area contributed by atoms with Gasteiger partial charge < -0.3 is 0 Å². The van der Waals surface area contributed by atoms with Gasteiger partial charge in [-0.3, -0.25) is 4.79 Å². The maximum absolute atomic E-state index is 13.8. The summed E-state index contributed by atoms with van der Waals surface area (Å²) in [6.07, 6.45) is 0.631. The quantitative estimate of drug-likeness (QED) is 0.720. The summed E-state index contributed by atoms with van der Waals surface area (Å²) in [5.41, 5.74) is 1.10. The zero-order chi connectivity index (χ0) is 12.4. The Bertz CT molecular complexity index is 576. The Hall–Kier alpha value is -2.03. The Morgan fingerprint density at radius 2 is 1.65 bits per heavy atom. The first kappa shape index (κ1) is 11.5. The molecule has 0 bridgehead atoms. The number of hydrogen-bond donors (Lipinski definition) is 0. The number of aryl methyl sites for hydroxylation is 1. The molecule has 0 N–H and O–H groups in total. The van der Waals surface area contributed by atoms with Gasteiger partial charge in [-0.15, -0.1) is 0 Å². The fourth-order valence-electron chi connectivity index (χ4n) is 1.70. The molecule has 1 nitrogen and oxygen atoms in total. The Labute approximate surface area is 97.7 Å². The molecule has 0 heterocycles. The molecule has 0 unspecified atom stereocenters. The summed E-state index contributed by atoms with van der Waals surface area (Å²) in [4.78, 5) is 10.8. The highest BCUT2D eigenvalue weighted by molar-refractivity contribution is 5.87. The molecule has 0 radical (unpaired) electrons. The normalized spacial score (nSPS) is 10.3. The Kier molecular flexibility index (Phi) is 3.00. The molecule has 2 aromatic rings. The molecule has 0 atom stereocenters. The van der Waals surface area contributed by atoms with Crippen LogP contribution in [0, 0.1) is 18.6 Å². The smallest absolute Gasteiger partial charge is 0.166 e. The van der Waals surface area contributed by atoms with Crippen LogP contribution in [-0.4, -0.2) is 6.29 Å². The second-order valence-electron chi connectivity index (χ2n) is 3.76. The summed E-state index contributed by atoms with van der Waals surface area (Å²) in [6.45, 7) is 1.49. The summed E-state index contributed by atoms with van der Waals surface area (Å²) in [5, 5.41) is 0. The van der Waals surface area contributed by atoms with Crippen molar-refractivity contribution in [2.75, 3.05) is 0 Å². The van der Waals surface area contributed by atoms with Crippen LogP contribution in [0.4, 0.5) is 8.78 Å². The van der Waals surface area contributed by atoms with E-state index in [1.807, 2.05) is 0 Å². The summed E-state index contributed by atoms with van der Waals surface area (Å²) in [7, 11) is 0. The fraction of sp³-hybridized carbons (Fsp3) is 0.0714. The van der Waals surface area contributed by atoms with Crippen LogP contribution in [0.3, 0.4) is 0 Å². The van der Waals surface area contributed by atoms with Gasteiger partial charge in [0.2, 0.25) is 0 Å². The van der Waals surface area contributed by atoms with Gasteiger partial charge in [-0.2, -0.15) is 0 Å². The third kappa shape index (κ3) is 1.96. The van der Waals surface area contributed by atoms with Crippen LogP contribution in [0.2, 0.25) is 0 Å². The van der Waals surface area contributed by atoms with E-state index in [9.17, 15) is 13.6 Å². The molecule has 0 fully saturated rings. The lowest BCUT2D eigenvalue weighted by molar-refractivity contribution is 0.112. The van der Waals surface area contributed by atoms with E-state index >= 15 is 0 Å². The highest BCUT2D eigenvalue weighted by Gasteiger charge is 2.14. The second-order valence-corrected chi connectivity index (χ2v) is 3.76. The molecule has 0 saturated heterocycles. The standard InChI is InChI=1S/C14H10F2O/c1-9-6-7-12(14(16)13(9)15)11-5-3-2-4-10(11)8-17/h2-8H,1H3. The van der Waals surface area contributed by atoms with Crippen LogP contribution in [0.5, 0.6) is 0 Å². The summed E-state index contributed by atoms with van der Waals surface area (Å²) in [6, 6.07) is 9.50. The topological polar surface area (TPSA) is 17.1 Å². The largest absolute Gasteiger partial charge is 0.298 e. The van der Waals surface area contributed by atoms with E-state index in [0.717, 1.165) is 0 Å². The summed E-state index contributed by atoms with van der Waals surface area (Å²) < 4.78 is 27.2. The van der Waals surface area contributed by atoms with Gasteiger partial charge in [0.25, 0.3) is 0 Å². The number of carbonyl (C=O) groups excluding carboxylic acids is 1. The van der Waals surface area contributed by atoms with E-state index in [1.165, 1.54) is 19.1 Å². The molecule has 2 rings (SSSR count). The molecule has 0 aliphatic rings. The predicted octanol–water partition coefficient (Wildman–Crippen LogP) is 3.75. The van der Waals surface area contributed by atoms with E-state index in [4.69, 9.17) is 0 Å². The van der Waals surface area contributed by atoms with Crippen molar-refractivity contribution in [3.8, 4) is 11.1 Å². The molecule has 0 spiro atoms. The van der Waals surface area contributed by atoms with Gasteiger partial charge in [0, 0.05) is 11.1 Å². The van der Waals surface area contributed by atoms with Crippen molar-refractivity contribution in [2.45, 2.75) is 6.92 Å². The number of rotatable bonds is 2. The first-order chi connectivity index (χ1) is 8.15. The predicted molar refractivity (Wildman–Crippen MR) is 61.9 cm³/mol. The van der Waals surface area contributed by atoms with Crippen molar-refractivity contribution in [1.29, 1.82) is 0 Å². The van der Waals surface area contributed by atoms with Crippen molar-refractivity contribution in [1.82, 2.24) is 0 Å². The van der Waals surface area contributed by atoms with Crippen molar-refractivity contribution >= 4 is 6.29 Å². The molecule has 0 aliphatic carbocycles. The van der Waals surface area contributed by atoms with Crippen LogP contribution >= 0.6 is 0 Å². The molecule has 3 heteroatoms. The van der Waals surface area contributed by atoms with Gasteiger partial charge in [0.15, 0.2) is 17.9 Å². The lowest BCUT2D eigenvalue weighted by atomic mass is 9.98. The molecular formula is C14H10F2O. The van der Waals surface area contributed by atoms with Crippen molar-refractivity contribution in [3.05, 3.63) is 59.2 Å². The lowest BCUT2D eigenvalue weighted by Gasteiger charge is -2.08. The first-order valence-electron chi connectivity index (χ1n) is 5.14. The van der Waals surface area contributed by atoms with Gasteiger partial charge in [0.05, 0.1) is 0 Å². The maximum Gasteiger partial charge on any atom is 0.166 e. The van der Waals surface area contributed by atoms with Crippen LogP contribution in [0.1, 0.15) is 15.9 Å². The molecule has 17 heavy (non-hydrogen) atoms. The monoisotopic (exact) mass is 232 g/mol. The number of halogens is 2. The number of hydrogen-bond acceptors (Lipinski definition) is 1. The number of benzene rings is 2. The molecule has 2 aromatic carbocycles. The summed E-state index contributed by atoms with van der Waals surface area (Å²) in [5.74, 6) is -1.79. The van der Waals surface area contributed by atoms with Gasteiger partial charge in [-0.05, 0) is 18.1 Å². The van der Waals surface area contributed by atoms with Gasteiger partial charge in [0.1, 0.15) is 0 Å². The van der Waals surface area contributed by atoms with E-state index in [0.29, 0.717) is 17.4 Å². The highest BCUT2D eigenvalue weighted by Crippen LogP contribution is 2.28. The Morgan fingerprint density at radius 1 is 0.941 bits per heavy atom. The minimum Gasteiger partial charge on any atom is -0.298 e. The molecule has 0 amide bonds. The van der Waals surface area contributed by atoms with Crippen molar-refractivity contribution in [3.63, 3.8) is 0 Å². The van der Waals surface area contributed by atoms with Gasteiger partial charge in [-0.25, -0.2) is 8.78 Å². The molecule has 0 aromatic heterocycles. The van der Waals surface area contributed by atoms with E-state index in [-0.39, 0.29) is 11.1 Å². The van der Waals surface area contributed by atoms with Crippen LogP contribution in [0.25, 0.3) is 11.1 Å². The SMILES string of the molecule is Cc1ccc(-c2ccccc2C=O)c(F)c1F.